The van der Waals surface area contributed by atoms with Crippen LogP contribution in [0.4, 0.5) is 0 Å². The van der Waals surface area contributed by atoms with Gasteiger partial charge in [0.1, 0.15) is 5.75 Å². The van der Waals surface area contributed by atoms with Crippen molar-refractivity contribution >= 4 is 0 Å². The topological polar surface area (TPSA) is 96.3 Å². The maximum absolute atomic E-state index is 5.26. The molecule has 0 fully saturated rings. The molecule has 0 atom stereocenters. The lowest BCUT2D eigenvalue weighted by atomic mass is 10.2. The highest BCUT2D eigenvalue weighted by atomic mass is 16.6. The van der Waals surface area contributed by atoms with Crippen LogP contribution in [0.5, 0.6) is 11.6 Å². The quantitative estimate of drug-likeness (QED) is 0.732. The van der Waals surface area contributed by atoms with Gasteiger partial charge in [0.15, 0.2) is 0 Å². The van der Waals surface area contributed by atoms with E-state index < -0.39 is 0 Å². The van der Waals surface area contributed by atoms with Gasteiger partial charge in [0.25, 0.3) is 5.89 Å². The average molecular weight is 284 g/mol. The Morgan fingerprint density at radius 3 is 2.62 bits per heavy atom. The Labute approximate surface area is 120 Å². The summed E-state index contributed by atoms with van der Waals surface area (Å²) in [5.41, 5.74) is 1.54. The van der Waals surface area contributed by atoms with Crippen molar-refractivity contribution in [2.45, 2.75) is 0 Å². The highest BCUT2D eigenvalue weighted by Crippen LogP contribution is 2.24. The van der Waals surface area contributed by atoms with E-state index in [-0.39, 0.29) is 0 Å². The summed E-state index contributed by atoms with van der Waals surface area (Å²) in [6, 6.07) is 10.5. The fourth-order valence-electron chi connectivity index (χ4n) is 1.79. The Morgan fingerprint density at radius 2 is 1.90 bits per heavy atom. The zero-order valence-corrected chi connectivity index (χ0v) is 11.2. The fraction of sp³-hybridized carbons (Fsp3) is 0.0714. The maximum Gasteiger partial charge on any atom is 0.258 e. The smallest absolute Gasteiger partial charge is 0.258 e. The van der Waals surface area contributed by atoms with Crippen LogP contribution in [0.1, 0.15) is 0 Å². The monoisotopic (exact) mass is 284 g/mol. The van der Waals surface area contributed by atoms with E-state index in [9.17, 15) is 0 Å². The largest absolute Gasteiger partial charge is 0.481 e. The summed E-state index contributed by atoms with van der Waals surface area (Å²) >= 11 is 0. The van der Waals surface area contributed by atoms with Crippen LogP contribution in [0.2, 0.25) is 0 Å². The standard InChI is InChI=1S/C14H12N4O3/c1-19-12-8-10(6-7-16-12)14-17-13(18-21-14)9-2-4-11(20-15)5-3-9/h2-8H,15H2,1H3. The minimum atomic E-state index is 0.393. The number of ether oxygens (including phenoxy) is 1. The van der Waals surface area contributed by atoms with Crippen LogP contribution in [-0.2, 0) is 0 Å². The van der Waals surface area contributed by atoms with E-state index in [0.717, 1.165) is 11.1 Å². The van der Waals surface area contributed by atoms with E-state index in [1.54, 1.807) is 49.7 Å². The Hall–Kier alpha value is -2.93. The van der Waals surface area contributed by atoms with Gasteiger partial charge in [0.2, 0.25) is 11.7 Å². The second-order valence-corrected chi connectivity index (χ2v) is 4.15. The van der Waals surface area contributed by atoms with Crippen molar-refractivity contribution in [3.8, 4) is 34.5 Å². The number of nitrogens with two attached hydrogens (primary N) is 1. The van der Waals surface area contributed by atoms with Crippen LogP contribution in [-0.4, -0.2) is 22.2 Å². The number of hydrogen-bond acceptors (Lipinski definition) is 7. The van der Waals surface area contributed by atoms with Gasteiger partial charge < -0.3 is 14.1 Å². The lowest BCUT2D eigenvalue weighted by Gasteiger charge is -1.99. The Kier molecular flexibility index (Phi) is 3.48. The van der Waals surface area contributed by atoms with Gasteiger partial charge in [-0.1, -0.05) is 5.16 Å². The van der Waals surface area contributed by atoms with Crippen molar-refractivity contribution in [3.63, 3.8) is 0 Å². The predicted molar refractivity (Wildman–Crippen MR) is 74.3 cm³/mol. The number of pyridine rings is 1. The van der Waals surface area contributed by atoms with E-state index in [4.69, 9.17) is 15.2 Å². The highest BCUT2D eigenvalue weighted by molar-refractivity contribution is 5.60. The number of benzene rings is 1. The van der Waals surface area contributed by atoms with Crippen molar-refractivity contribution < 1.29 is 14.1 Å². The average Bonchev–Trinajstić information content (AvgIpc) is 3.05. The normalized spacial score (nSPS) is 10.4. The van der Waals surface area contributed by atoms with E-state index in [1.165, 1.54) is 0 Å². The van der Waals surface area contributed by atoms with E-state index in [2.05, 4.69) is 20.0 Å². The molecule has 0 aliphatic carbocycles. The molecule has 0 aliphatic rings. The SMILES string of the molecule is COc1cc(-c2nc(-c3ccc(ON)cc3)no2)ccn1. The molecule has 2 heterocycles. The summed E-state index contributed by atoms with van der Waals surface area (Å²) in [6.45, 7) is 0. The first-order valence-corrected chi connectivity index (χ1v) is 6.11. The van der Waals surface area contributed by atoms with E-state index in [1.807, 2.05) is 0 Å². The second kappa shape index (κ2) is 5.59. The number of hydrogen-bond donors (Lipinski definition) is 1. The molecule has 0 radical (unpaired) electrons. The van der Waals surface area contributed by atoms with Crippen LogP contribution < -0.4 is 15.5 Å². The third-order valence-electron chi connectivity index (χ3n) is 2.87. The molecule has 0 unspecified atom stereocenters. The van der Waals surface area contributed by atoms with Crippen LogP contribution in [0.15, 0.2) is 47.1 Å². The molecule has 3 rings (SSSR count). The molecule has 0 bridgehead atoms. The van der Waals surface area contributed by atoms with Crippen molar-refractivity contribution in [2.24, 2.45) is 5.90 Å². The zero-order valence-electron chi connectivity index (χ0n) is 11.2. The third-order valence-corrected chi connectivity index (χ3v) is 2.87. The molecule has 0 aliphatic heterocycles. The predicted octanol–water partition coefficient (Wildman–Crippen LogP) is 2.06. The Balaban J connectivity index is 1.91. The van der Waals surface area contributed by atoms with Crippen LogP contribution >= 0.6 is 0 Å². The van der Waals surface area contributed by atoms with Crippen LogP contribution in [0, 0.1) is 0 Å². The van der Waals surface area contributed by atoms with Gasteiger partial charge in [0.05, 0.1) is 7.11 Å². The first-order chi connectivity index (χ1) is 10.3. The van der Waals surface area contributed by atoms with Gasteiger partial charge in [-0.05, 0) is 30.3 Å². The molecule has 7 nitrogen and oxygen atoms in total. The maximum atomic E-state index is 5.26. The van der Waals surface area contributed by atoms with Gasteiger partial charge in [-0.15, -0.1) is 0 Å². The van der Waals surface area contributed by atoms with E-state index in [0.29, 0.717) is 23.3 Å². The summed E-state index contributed by atoms with van der Waals surface area (Å²) in [7, 11) is 1.55. The molecule has 2 aromatic heterocycles. The zero-order chi connectivity index (χ0) is 14.7. The summed E-state index contributed by atoms with van der Waals surface area (Å²) in [5, 5.41) is 3.95. The summed E-state index contributed by atoms with van der Waals surface area (Å²) in [6.07, 6.45) is 1.62. The molecule has 106 valence electrons. The molecule has 3 aromatic rings. The molecule has 0 saturated carbocycles. The molecular weight excluding hydrogens is 272 g/mol. The number of methoxy groups -OCH3 is 1. The van der Waals surface area contributed by atoms with Crippen molar-refractivity contribution in [2.75, 3.05) is 7.11 Å². The minimum absolute atomic E-state index is 0.393. The van der Waals surface area contributed by atoms with Crippen LogP contribution in [0.3, 0.4) is 0 Å². The van der Waals surface area contributed by atoms with Crippen LogP contribution in [0.25, 0.3) is 22.8 Å². The molecule has 1 aromatic carbocycles. The molecule has 0 amide bonds. The number of rotatable bonds is 4. The van der Waals surface area contributed by atoms with E-state index >= 15 is 0 Å². The lowest BCUT2D eigenvalue weighted by Crippen LogP contribution is -2.01. The lowest BCUT2D eigenvalue weighted by molar-refractivity contribution is 0.334. The number of nitrogens with zero attached hydrogens (tertiary/aromatic N) is 3. The minimum Gasteiger partial charge on any atom is -0.481 e. The second-order valence-electron chi connectivity index (χ2n) is 4.15. The first-order valence-electron chi connectivity index (χ1n) is 6.11. The van der Waals surface area contributed by atoms with Gasteiger partial charge in [-0.2, -0.15) is 10.9 Å². The third kappa shape index (κ3) is 2.67. The van der Waals surface area contributed by atoms with Gasteiger partial charge in [0, 0.05) is 23.4 Å². The summed E-state index contributed by atoms with van der Waals surface area (Å²) < 4.78 is 10.3. The first kappa shape index (κ1) is 13.1. The number of aromatic nitrogens is 3. The molecule has 21 heavy (non-hydrogen) atoms. The Morgan fingerprint density at radius 1 is 1.10 bits per heavy atom. The fourth-order valence-corrected chi connectivity index (χ4v) is 1.79. The van der Waals surface area contributed by atoms with Crippen molar-refractivity contribution in [1.29, 1.82) is 0 Å². The Bertz CT molecular complexity index is 740. The van der Waals surface area contributed by atoms with Gasteiger partial charge >= 0.3 is 0 Å². The molecule has 0 spiro atoms. The molecule has 2 N–H and O–H groups in total. The molecule has 0 saturated heterocycles. The molecule has 7 heteroatoms. The van der Waals surface area contributed by atoms with Crippen molar-refractivity contribution in [1.82, 2.24) is 15.1 Å². The molecular formula is C14H12N4O3. The summed E-state index contributed by atoms with van der Waals surface area (Å²) in [5.74, 6) is 6.99. The van der Waals surface area contributed by atoms with Gasteiger partial charge in [-0.25, -0.2) is 4.98 Å². The van der Waals surface area contributed by atoms with Gasteiger partial charge in [-0.3, -0.25) is 0 Å². The van der Waals surface area contributed by atoms with Crippen molar-refractivity contribution in [3.05, 3.63) is 42.6 Å². The highest BCUT2D eigenvalue weighted by Gasteiger charge is 2.11. The summed E-state index contributed by atoms with van der Waals surface area (Å²) in [4.78, 5) is 13.0.